The first-order valence-corrected chi connectivity index (χ1v) is 15.2. The highest BCUT2D eigenvalue weighted by molar-refractivity contribution is 7.92. The summed E-state index contributed by atoms with van der Waals surface area (Å²) in [6.07, 6.45) is 0.731. The quantitative estimate of drug-likeness (QED) is 0.289. The number of carbonyl (C=O) groups excluding carboxylic acids is 2. The van der Waals surface area contributed by atoms with Crippen LogP contribution >= 0.6 is 23.2 Å². The molecule has 0 fully saturated rings. The number of nitrogens with one attached hydrogen (secondary N) is 1. The smallest absolute Gasteiger partial charge is 0.264 e. The number of halogens is 2. The van der Waals surface area contributed by atoms with Gasteiger partial charge < -0.3 is 10.2 Å². The van der Waals surface area contributed by atoms with Crippen LogP contribution in [0.3, 0.4) is 0 Å². The fourth-order valence-corrected chi connectivity index (χ4v) is 6.05. The summed E-state index contributed by atoms with van der Waals surface area (Å²) >= 11 is 12.3. The van der Waals surface area contributed by atoms with Gasteiger partial charge in [-0.2, -0.15) is 0 Å². The molecule has 7 nitrogen and oxygen atoms in total. The van der Waals surface area contributed by atoms with Crippen molar-refractivity contribution in [1.29, 1.82) is 0 Å². The van der Waals surface area contributed by atoms with Gasteiger partial charge in [-0.15, -0.1) is 0 Å². The Balaban J connectivity index is 2.06. The average molecular weight is 605 g/mol. The number of hydrogen-bond donors (Lipinski definition) is 1. The van der Waals surface area contributed by atoms with Crippen molar-refractivity contribution in [3.05, 3.63) is 93.0 Å². The van der Waals surface area contributed by atoms with Gasteiger partial charge in [-0.25, -0.2) is 8.42 Å². The van der Waals surface area contributed by atoms with Crippen LogP contribution in [0.5, 0.6) is 0 Å². The van der Waals surface area contributed by atoms with Gasteiger partial charge in [0.1, 0.15) is 12.6 Å². The maximum absolute atomic E-state index is 14.0. The van der Waals surface area contributed by atoms with Crippen molar-refractivity contribution in [1.82, 2.24) is 10.2 Å². The minimum Gasteiger partial charge on any atom is -0.354 e. The van der Waals surface area contributed by atoms with Gasteiger partial charge in [0.2, 0.25) is 11.8 Å². The summed E-state index contributed by atoms with van der Waals surface area (Å²) in [5.41, 5.74) is 3.61. The monoisotopic (exact) mass is 603 g/mol. The van der Waals surface area contributed by atoms with E-state index in [1.807, 2.05) is 26.8 Å². The summed E-state index contributed by atoms with van der Waals surface area (Å²) < 4.78 is 29.1. The zero-order valence-electron chi connectivity index (χ0n) is 23.4. The molecule has 0 saturated carbocycles. The Morgan fingerprint density at radius 1 is 0.900 bits per heavy atom. The molecule has 0 aliphatic heterocycles. The lowest BCUT2D eigenvalue weighted by atomic mass is 10.1. The van der Waals surface area contributed by atoms with E-state index in [4.69, 9.17) is 23.2 Å². The predicted octanol–water partition coefficient (Wildman–Crippen LogP) is 6.06. The summed E-state index contributed by atoms with van der Waals surface area (Å²) in [7, 11) is -4.13. The summed E-state index contributed by atoms with van der Waals surface area (Å²) in [5.74, 6) is -0.879. The average Bonchev–Trinajstić information content (AvgIpc) is 2.91. The van der Waals surface area contributed by atoms with Crippen LogP contribution in [0, 0.1) is 20.8 Å². The number of amides is 2. The van der Waals surface area contributed by atoms with Crippen LogP contribution in [0.15, 0.2) is 65.6 Å². The third-order valence-corrected chi connectivity index (χ3v) is 9.08. The molecule has 1 atom stereocenters. The van der Waals surface area contributed by atoms with Crippen molar-refractivity contribution in [2.45, 2.75) is 58.5 Å². The van der Waals surface area contributed by atoms with E-state index in [1.54, 1.807) is 56.3 Å². The molecule has 0 spiro atoms. The van der Waals surface area contributed by atoms with Crippen LogP contribution < -0.4 is 9.62 Å². The predicted molar refractivity (Wildman–Crippen MR) is 161 cm³/mol. The third-order valence-electron chi connectivity index (χ3n) is 6.56. The lowest BCUT2D eigenvalue weighted by Gasteiger charge is -2.32. The Morgan fingerprint density at radius 2 is 1.55 bits per heavy atom. The number of nitrogens with zero attached hydrogens (tertiary/aromatic N) is 2. The normalized spacial score (nSPS) is 12.1. The van der Waals surface area contributed by atoms with E-state index in [-0.39, 0.29) is 17.3 Å². The van der Waals surface area contributed by atoms with E-state index in [0.717, 1.165) is 21.9 Å². The molecule has 3 aromatic carbocycles. The van der Waals surface area contributed by atoms with Crippen molar-refractivity contribution in [3.63, 3.8) is 0 Å². The molecule has 40 heavy (non-hydrogen) atoms. The number of hydrogen-bond acceptors (Lipinski definition) is 4. The molecule has 0 heterocycles. The van der Waals surface area contributed by atoms with Gasteiger partial charge in [0.05, 0.1) is 20.6 Å². The van der Waals surface area contributed by atoms with Crippen LogP contribution in [-0.4, -0.2) is 44.3 Å². The Kier molecular flexibility index (Phi) is 10.6. The van der Waals surface area contributed by atoms with E-state index in [2.05, 4.69) is 5.32 Å². The molecule has 214 valence electrons. The number of rotatable bonds is 11. The molecule has 3 aromatic rings. The second kappa shape index (κ2) is 13.5. The van der Waals surface area contributed by atoms with Crippen LogP contribution in [0.1, 0.15) is 42.5 Å². The van der Waals surface area contributed by atoms with Gasteiger partial charge in [0, 0.05) is 13.1 Å². The van der Waals surface area contributed by atoms with Crippen LogP contribution in [-0.2, 0) is 26.2 Å². The number of sulfonamides is 1. The molecule has 0 aliphatic rings. The van der Waals surface area contributed by atoms with Gasteiger partial charge in [0.15, 0.2) is 0 Å². The minimum atomic E-state index is -4.13. The van der Waals surface area contributed by atoms with Crippen molar-refractivity contribution in [2.75, 3.05) is 17.4 Å². The Morgan fingerprint density at radius 3 is 2.15 bits per heavy atom. The van der Waals surface area contributed by atoms with Crippen molar-refractivity contribution in [2.24, 2.45) is 0 Å². The van der Waals surface area contributed by atoms with E-state index in [1.165, 1.54) is 17.0 Å². The molecule has 0 saturated heterocycles. The molecule has 0 aromatic heterocycles. The van der Waals surface area contributed by atoms with Crippen LogP contribution in [0.2, 0.25) is 10.0 Å². The van der Waals surface area contributed by atoms with Gasteiger partial charge in [-0.1, -0.05) is 71.6 Å². The lowest BCUT2D eigenvalue weighted by molar-refractivity contribution is -0.139. The topological polar surface area (TPSA) is 86.8 Å². The largest absolute Gasteiger partial charge is 0.354 e. The first-order chi connectivity index (χ1) is 18.8. The molecule has 0 radical (unpaired) electrons. The first kappa shape index (κ1) is 31.5. The molecule has 10 heteroatoms. The summed E-state index contributed by atoms with van der Waals surface area (Å²) in [6.45, 7) is 9.11. The fraction of sp³-hybridized carbons (Fsp3) is 0.333. The molecule has 1 N–H and O–H groups in total. The Labute approximate surface area is 247 Å². The highest BCUT2D eigenvalue weighted by atomic mass is 35.5. The molecule has 0 unspecified atom stereocenters. The maximum atomic E-state index is 14.0. The van der Waals surface area contributed by atoms with Gasteiger partial charge in [-0.05, 0) is 75.6 Å². The number of benzene rings is 3. The number of carbonyl (C=O) groups is 2. The zero-order chi connectivity index (χ0) is 29.6. The maximum Gasteiger partial charge on any atom is 0.264 e. The van der Waals surface area contributed by atoms with Gasteiger partial charge in [-0.3, -0.25) is 13.9 Å². The van der Waals surface area contributed by atoms with Crippen molar-refractivity contribution in [3.8, 4) is 0 Å². The summed E-state index contributed by atoms with van der Waals surface area (Å²) in [5, 5.41) is 3.50. The van der Waals surface area contributed by atoms with E-state index in [9.17, 15) is 18.0 Å². The van der Waals surface area contributed by atoms with E-state index < -0.39 is 28.5 Å². The van der Waals surface area contributed by atoms with E-state index in [0.29, 0.717) is 33.4 Å². The number of aryl methyl sites for hydroxylation is 3. The minimum absolute atomic E-state index is 0.0295. The standard InChI is InChI=1S/C30H35Cl2N3O4S/c1-6-15-33-30(37)23(5)34(18-24-10-13-26(31)27(32)17-24)29(36)19-35(28-14-9-21(3)16-22(28)4)40(38,39)25-11-7-20(2)8-12-25/h7-14,16-17,23H,6,15,18-19H2,1-5H3,(H,33,37)/t23-/m1/s1. The summed E-state index contributed by atoms with van der Waals surface area (Å²) in [4.78, 5) is 28.4. The van der Waals surface area contributed by atoms with Crippen LogP contribution in [0.25, 0.3) is 0 Å². The SMILES string of the molecule is CCCNC(=O)[C@@H](C)N(Cc1ccc(Cl)c(Cl)c1)C(=O)CN(c1ccc(C)cc1C)S(=O)(=O)c1ccc(C)cc1. The third kappa shape index (κ3) is 7.56. The summed E-state index contributed by atoms with van der Waals surface area (Å²) in [6, 6.07) is 15.9. The molecule has 0 aliphatic carbocycles. The van der Waals surface area contributed by atoms with E-state index >= 15 is 0 Å². The molecule has 0 bridgehead atoms. The Bertz CT molecular complexity index is 1480. The molecular weight excluding hydrogens is 569 g/mol. The highest BCUT2D eigenvalue weighted by Gasteiger charge is 2.33. The van der Waals surface area contributed by atoms with Gasteiger partial charge >= 0.3 is 0 Å². The highest BCUT2D eigenvalue weighted by Crippen LogP contribution is 2.29. The molecular formula is C30H35Cl2N3O4S. The first-order valence-electron chi connectivity index (χ1n) is 13.0. The zero-order valence-corrected chi connectivity index (χ0v) is 25.7. The second-order valence-electron chi connectivity index (χ2n) is 9.85. The van der Waals surface area contributed by atoms with Crippen LogP contribution in [0.4, 0.5) is 5.69 Å². The lowest BCUT2D eigenvalue weighted by Crippen LogP contribution is -2.51. The fourth-order valence-electron chi connectivity index (χ4n) is 4.25. The van der Waals surface area contributed by atoms with Crippen molar-refractivity contribution < 1.29 is 18.0 Å². The molecule has 2 amide bonds. The number of anilines is 1. The Hall–Kier alpha value is -3.07. The van der Waals surface area contributed by atoms with Gasteiger partial charge in [0.25, 0.3) is 10.0 Å². The molecule has 3 rings (SSSR count). The second-order valence-corrected chi connectivity index (χ2v) is 12.5. The van der Waals surface area contributed by atoms with Crippen molar-refractivity contribution >= 4 is 50.7 Å².